The zero-order valence-electron chi connectivity index (χ0n) is 37.3. The molecule has 47 heavy (non-hydrogen) atoms. The molecule has 0 aliphatic carbocycles. The van der Waals surface area contributed by atoms with Gasteiger partial charge in [-0.25, -0.2) is 0 Å². The molecule has 8 aromatic rings. The number of furan rings is 1. The van der Waals surface area contributed by atoms with Crippen molar-refractivity contribution in [3.05, 3.63) is 138 Å². The van der Waals surface area contributed by atoms with Crippen molar-refractivity contribution in [3.8, 4) is 33.5 Å². The Balaban J connectivity index is 1.31. The Kier molecular flexibility index (Phi) is 4.53. The Morgan fingerprint density at radius 1 is 0.617 bits per heavy atom. The summed E-state index contributed by atoms with van der Waals surface area (Å²) in [5.41, 5.74) is 1.82. The van der Waals surface area contributed by atoms with Gasteiger partial charge in [0.05, 0.1) is 5.69 Å². The average molecular weight is 621 g/mol. The molecule has 0 unspecified atom stereocenters. The summed E-state index contributed by atoms with van der Waals surface area (Å²) in [6.45, 7) is -2.89. The van der Waals surface area contributed by atoms with E-state index >= 15 is 0 Å². The molecular formula is C45H39NO. The maximum atomic E-state index is 8.77. The molecule has 0 radical (unpaired) electrons. The Hall–Kier alpha value is -5.21. The van der Waals surface area contributed by atoms with Crippen LogP contribution in [0.2, 0.25) is 0 Å². The van der Waals surface area contributed by atoms with Gasteiger partial charge in [-0.05, 0) is 123 Å². The molecule has 0 saturated carbocycles. The first-order valence-electron chi connectivity index (χ1n) is 21.1. The van der Waals surface area contributed by atoms with Gasteiger partial charge in [0.1, 0.15) is 11.2 Å². The minimum absolute atomic E-state index is 0.128. The number of nitrogens with zero attached hydrogens (tertiary/aromatic N) is 1. The summed E-state index contributed by atoms with van der Waals surface area (Å²) in [5, 5.41) is 6.04. The van der Waals surface area contributed by atoms with Crippen LogP contribution in [0.25, 0.3) is 77.0 Å². The second kappa shape index (κ2) is 11.0. The van der Waals surface area contributed by atoms with Crippen LogP contribution in [0.5, 0.6) is 0 Å². The number of para-hydroxylation sites is 1. The molecule has 8 rings (SSSR count). The standard InChI is InChI=1S/C45H39NO/c1-27-20-30(25-45(4,5)6)14-18-34(27)32-17-19-35(28(2)21-32)39-23-42(46-26-29(39)3)38-13-9-12-37-41-22-33-16-15-31-10-7-8-11-36(31)40(33)24-43(41)47-44(37)38/h7-24,26H,25H2,1-6H3/i1D3,2D3,3D3,25D2. The molecule has 0 fully saturated rings. The predicted molar refractivity (Wildman–Crippen MR) is 200 cm³/mol. The second-order valence-electron chi connectivity index (χ2n) is 13.2. The fourth-order valence-corrected chi connectivity index (χ4v) is 6.58. The lowest BCUT2D eigenvalue weighted by atomic mass is 9.86. The summed E-state index contributed by atoms with van der Waals surface area (Å²) < 4.78 is 100. The molecule has 2 heteroatoms. The van der Waals surface area contributed by atoms with Crippen molar-refractivity contribution < 1.29 is 19.5 Å². The van der Waals surface area contributed by atoms with Gasteiger partial charge in [-0.2, -0.15) is 0 Å². The number of pyridine rings is 1. The third-order valence-electron chi connectivity index (χ3n) is 8.70. The van der Waals surface area contributed by atoms with Gasteiger partial charge < -0.3 is 4.42 Å². The Morgan fingerprint density at radius 2 is 1.40 bits per heavy atom. The molecule has 0 spiro atoms. The number of rotatable bonds is 4. The quantitative estimate of drug-likeness (QED) is 0.183. The maximum absolute atomic E-state index is 8.77. The van der Waals surface area contributed by atoms with E-state index < -0.39 is 32.3 Å². The lowest BCUT2D eigenvalue weighted by Gasteiger charge is -2.19. The average Bonchev–Trinajstić information content (AvgIpc) is 3.52. The van der Waals surface area contributed by atoms with Crippen LogP contribution < -0.4 is 0 Å². The molecule has 0 amide bonds. The smallest absolute Gasteiger partial charge is 0.144 e. The van der Waals surface area contributed by atoms with Gasteiger partial charge >= 0.3 is 0 Å². The lowest BCUT2D eigenvalue weighted by molar-refractivity contribution is 0.411. The van der Waals surface area contributed by atoms with Gasteiger partial charge in [-0.3, -0.25) is 4.98 Å². The van der Waals surface area contributed by atoms with E-state index in [2.05, 4.69) is 35.3 Å². The number of aromatic nitrogens is 1. The Bertz CT molecular complexity index is 2930. The van der Waals surface area contributed by atoms with Crippen molar-refractivity contribution in [1.29, 1.82) is 0 Å². The molecule has 0 N–H and O–H groups in total. The Morgan fingerprint density at radius 3 is 2.26 bits per heavy atom. The van der Waals surface area contributed by atoms with Gasteiger partial charge in [-0.15, -0.1) is 0 Å². The summed E-state index contributed by atoms with van der Waals surface area (Å²) in [5.74, 6) is 0. The first kappa shape index (κ1) is 19.5. The van der Waals surface area contributed by atoms with Crippen molar-refractivity contribution in [2.24, 2.45) is 5.41 Å². The fourth-order valence-electron chi connectivity index (χ4n) is 6.58. The highest BCUT2D eigenvalue weighted by molar-refractivity contribution is 6.17. The summed E-state index contributed by atoms with van der Waals surface area (Å²) in [4.78, 5) is 4.60. The Labute approximate surface area is 292 Å². The zero-order chi connectivity index (χ0) is 41.7. The highest BCUT2D eigenvalue weighted by atomic mass is 16.3. The molecule has 230 valence electrons. The number of benzene rings is 6. The summed E-state index contributed by atoms with van der Waals surface area (Å²) in [6, 6.07) is 32.5. The fraction of sp³-hybridized carbons (Fsp3) is 0.178. The molecule has 2 nitrogen and oxygen atoms in total. The monoisotopic (exact) mass is 620 g/mol. The van der Waals surface area contributed by atoms with Crippen molar-refractivity contribution in [3.63, 3.8) is 0 Å². The SMILES string of the molecule is [2H]C([2H])([2H])c1cc(C([2H])([2H])C(C)(C)C)ccc1-c1ccc(-c2cc(-c3cccc4c3oc3cc5c(ccc6ccccc65)cc34)ncc2C([2H])([2H])[2H])c(C([2H])([2H])[2H])c1. The third-order valence-corrected chi connectivity index (χ3v) is 8.70. The number of hydrogen-bond acceptors (Lipinski definition) is 2. The van der Waals surface area contributed by atoms with E-state index in [1.54, 1.807) is 32.9 Å². The zero-order valence-corrected chi connectivity index (χ0v) is 26.3. The van der Waals surface area contributed by atoms with Crippen LogP contribution in [0.1, 0.15) is 58.1 Å². The van der Waals surface area contributed by atoms with E-state index in [0.717, 1.165) is 32.3 Å². The van der Waals surface area contributed by atoms with Crippen LogP contribution in [-0.2, 0) is 6.37 Å². The number of fused-ring (bicyclic) bond motifs is 6. The first-order chi connectivity index (χ1) is 27.0. The van der Waals surface area contributed by atoms with E-state index in [-0.39, 0.29) is 44.5 Å². The van der Waals surface area contributed by atoms with Gasteiger partial charge in [0.15, 0.2) is 0 Å². The summed E-state index contributed by atoms with van der Waals surface area (Å²) in [6.07, 6.45) is -0.620. The third kappa shape index (κ3) is 5.19. The van der Waals surface area contributed by atoms with Gasteiger partial charge in [0.2, 0.25) is 0 Å². The van der Waals surface area contributed by atoms with E-state index in [0.29, 0.717) is 22.4 Å². The second-order valence-corrected chi connectivity index (χ2v) is 13.2. The van der Waals surface area contributed by atoms with Gasteiger partial charge in [-0.1, -0.05) is 106 Å². The molecule has 2 heterocycles. The molecular weight excluding hydrogens is 571 g/mol. The van der Waals surface area contributed by atoms with Crippen LogP contribution in [-0.4, -0.2) is 4.98 Å². The van der Waals surface area contributed by atoms with Crippen molar-refractivity contribution in [2.45, 2.75) is 47.7 Å². The minimum atomic E-state index is -2.75. The molecule has 0 saturated heterocycles. The molecule has 0 aliphatic heterocycles. The lowest BCUT2D eigenvalue weighted by Crippen LogP contribution is -2.09. The van der Waals surface area contributed by atoms with E-state index in [1.165, 1.54) is 36.5 Å². The highest BCUT2D eigenvalue weighted by Crippen LogP contribution is 2.40. The predicted octanol–water partition coefficient (Wildman–Crippen LogP) is 12.8. The van der Waals surface area contributed by atoms with E-state index in [1.807, 2.05) is 36.4 Å². The van der Waals surface area contributed by atoms with Gasteiger partial charge in [0.25, 0.3) is 0 Å². The van der Waals surface area contributed by atoms with E-state index in [9.17, 15) is 0 Å². The van der Waals surface area contributed by atoms with Crippen molar-refractivity contribution in [1.82, 2.24) is 4.98 Å². The van der Waals surface area contributed by atoms with Crippen LogP contribution in [0, 0.1) is 26.0 Å². The largest absolute Gasteiger partial charge is 0.455 e. The number of aryl methyl sites for hydroxylation is 3. The highest BCUT2D eigenvalue weighted by Gasteiger charge is 2.17. The summed E-state index contributed by atoms with van der Waals surface area (Å²) >= 11 is 0. The van der Waals surface area contributed by atoms with Crippen LogP contribution in [0.3, 0.4) is 0 Å². The van der Waals surface area contributed by atoms with Crippen molar-refractivity contribution in [2.75, 3.05) is 0 Å². The van der Waals surface area contributed by atoms with Crippen LogP contribution in [0.4, 0.5) is 0 Å². The van der Waals surface area contributed by atoms with E-state index in [4.69, 9.17) is 19.5 Å². The van der Waals surface area contributed by atoms with Gasteiger partial charge in [0, 0.05) is 37.6 Å². The molecule has 6 aromatic carbocycles. The molecule has 0 aliphatic rings. The van der Waals surface area contributed by atoms with Crippen LogP contribution >= 0.6 is 0 Å². The maximum Gasteiger partial charge on any atom is 0.144 e. The number of hydrogen-bond donors (Lipinski definition) is 0. The molecule has 0 bridgehead atoms. The molecule has 2 aromatic heterocycles. The van der Waals surface area contributed by atoms with Crippen LogP contribution in [0.15, 0.2) is 120 Å². The summed E-state index contributed by atoms with van der Waals surface area (Å²) in [7, 11) is 0. The van der Waals surface area contributed by atoms with Crippen molar-refractivity contribution >= 4 is 43.5 Å². The topological polar surface area (TPSA) is 26.0 Å². The minimum Gasteiger partial charge on any atom is -0.455 e. The normalized spacial score (nSPS) is 16.7. The molecule has 0 atom stereocenters. The first-order valence-corrected chi connectivity index (χ1v) is 15.6.